The molecule has 2 aromatic carbocycles. The number of nitrogens with zero attached hydrogens (tertiary/aromatic N) is 3. The molecule has 3 aromatic rings. The van der Waals surface area contributed by atoms with Crippen molar-refractivity contribution in [1.29, 1.82) is 0 Å². The lowest BCUT2D eigenvalue weighted by molar-refractivity contribution is 0.0376. The summed E-state index contributed by atoms with van der Waals surface area (Å²) in [5.41, 5.74) is 1.28. The lowest BCUT2D eigenvalue weighted by Gasteiger charge is -2.27. The van der Waals surface area contributed by atoms with E-state index in [-0.39, 0.29) is 24.4 Å². The first-order chi connectivity index (χ1) is 17.0. The number of rotatable bonds is 10. The van der Waals surface area contributed by atoms with Gasteiger partial charge in [-0.2, -0.15) is 0 Å². The Bertz CT molecular complexity index is 1090. The summed E-state index contributed by atoms with van der Waals surface area (Å²) >= 11 is 1.44. The Balaban J connectivity index is 0.00000361. The monoisotopic (exact) mass is 535 g/mol. The predicted molar refractivity (Wildman–Crippen MR) is 146 cm³/mol. The smallest absolute Gasteiger partial charge is 0.260 e. The standard InChI is InChI=1S/C26H33N3O5S.ClH/c1-18(2)34-20-8-6-19(7-9-20)25(30)29(13-5-12-28-14-16-33-17-15-28)26-27-23-21(31-3)10-11-22(32-4)24(23)35-26;/h6-11,18H,5,12-17H2,1-4H3;1H. The molecule has 1 aromatic heterocycles. The summed E-state index contributed by atoms with van der Waals surface area (Å²) in [5, 5.41) is 0.622. The van der Waals surface area contributed by atoms with Crippen molar-refractivity contribution in [3.63, 3.8) is 0 Å². The Morgan fingerprint density at radius 3 is 2.39 bits per heavy atom. The van der Waals surface area contributed by atoms with Crippen LogP contribution in [0.15, 0.2) is 36.4 Å². The average Bonchev–Trinajstić information content (AvgIpc) is 3.31. The topological polar surface area (TPSA) is 73.4 Å². The second-order valence-electron chi connectivity index (χ2n) is 8.60. The van der Waals surface area contributed by atoms with Crippen molar-refractivity contribution in [3.05, 3.63) is 42.0 Å². The van der Waals surface area contributed by atoms with Crippen molar-refractivity contribution in [1.82, 2.24) is 9.88 Å². The summed E-state index contributed by atoms with van der Waals surface area (Å²) in [5.74, 6) is 2.00. The number of aromatic nitrogens is 1. The summed E-state index contributed by atoms with van der Waals surface area (Å²) in [7, 11) is 3.25. The maximum atomic E-state index is 13.7. The van der Waals surface area contributed by atoms with Crippen LogP contribution in [0.5, 0.6) is 17.2 Å². The first-order valence-corrected chi connectivity index (χ1v) is 12.7. The van der Waals surface area contributed by atoms with E-state index >= 15 is 0 Å². The highest BCUT2D eigenvalue weighted by atomic mass is 35.5. The van der Waals surface area contributed by atoms with Gasteiger partial charge >= 0.3 is 0 Å². The first kappa shape index (κ1) is 28.0. The van der Waals surface area contributed by atoms with Gasteiger partial charge in [0.25, 0.3) is 5.91 Å². The molecule has 1 aliphatic rings. The zero-order valence-corrected chi connectivity index (χ0v) is 22.8. The molecule has 0 aliphatic carbocycles. The van der Waals surface area contributed by atoms with Gasteiger partial charge in [-0.05, 0) is 56.7 Å². The van der Waals surface area contributed by atoms with Crippen molar-refractivity contribution in [2.24, 2.45) is 0 Å². The Hall–Kier alpha value is -2.59. The van der Waals surface area contributed by atoms with Gasteiger partial charge in [0.1, 0.15) is 27.5 Å². The SMILES string of the molecule is COc1ccc(OC)c2sc(N(CCCN3CCOCC3)C(=O)c3ccc(OC(C)C)cc3)nc12.Cl. The molecule has 4 rings (SSSR count). The number of halogens is 1. The molecule has 10 heteroatoms. The number of benzene rings is 2. The molecule has 1 saturated heterocycles. The van der Waals surface area contributed by atoms with Gasteiger partial charge in [-0.15, -0.1) is 12.4 Å². The Kier molecular flexibility index (Phi) is 10.2. The highest BCUT2D eigenvalue weighted by Crippen LogP contribution is 2.40. The van der Waals surface area contributed by atoms with E-state index < -0.39 is 0 Å². The molecule has 1 aliphatic heterocycles. The lowest BCUT2D eigenvalue weighted by Crippen LogP contribution is -2.39. The number of thiazole rings is 1. The van der Waals surface area contributed by atoms with Crippen LogP contribution in [0.3, 0.4) is 0 Å². The minimum atomic E-state index is -0.0972. The zero-order valence-electron chi connectivity index (χ0n) is 21.2. The Morgan fingerprint density at radius 1 is 1.08 bits per heavy atom. The van der Waals surface area contributed by atoms with Crippen LogP contribution in [0.25, 0.3) is 10.2 Å². The van der Waals surface area contributed by atoms with Crippen LogP contribution in [0.2, 0.25) is 0 Å². The van der Waals surface area contributed by atoms with Gasteiger partial charge in [0.2, 0.25) is 0 Å². The summed E-state index contributed by atoms with van der Waals surface area (Å²) in [6.07, 6.45) is 0.894. The predicted octanol–water partition coefficient (Wildman–Crippen LogP) is 4.89. The van der Waals surface area contributed by atoms with Crippen molar-refractivity contribution < 1.29 is 23.7 Å². The molecule has 196 valence electrons. The molecule has 36 heavy (non-hydrogen) atoms. The number of hydrogen-bond donors (Lipinski definition) is 0. The van der Waals surface area contributed by atoms with Crippen molar-refractivity contribution in [3.8, 4) is 17.2 Å². The van der Waals surface area contributed by atoms with Crippen molar-refractivity contribution >= 4 is 45.0 Å². The molecule has 0 N–H and O–H groups in total. The van der Waals surface area contributed by atoms with E-state index in [4.69, 9.17) is 23.9 Å². The van der Waals surface area contributed by atoms with Crippen molar-refractivity contribution in [2.45, 2.75) is 26.4 Å². The molecule has 0 bridgehead atoms. The molecule has 1 amide bonds. The van der Waals surface area contributed by atoms with E-state index in [1.807, 2.05) is 50.2 Å². The van der Waals surface area contributed by atoms with Crippen LogP contribution in [-0.4, -0.2) is 75.5 Å². The highest BCUT2D eigenvalue weighted by Gasteiger charge is 2.24. The maximum Gasteiger partial charge on any atom is 0.260 e. The molecule has 2 heterocycles. The van der Waals surface area contributed by atoms with Gasteiger partial charge in [-0.1, -0.05) is 11.3 Å². The largest absolute Gasteiger partial charge is 0.495 e. The third kappa shape index (κ3) is 6.59. The fraction of sp³-hybridized carbons (Fsp3) is 0.462. The summed E-state index contributed by atoms with van der Waals surface area (Å²) < 4.78 is 23.1. The van der Waals surface area contributed by atoms with Crippen LogP contribution in [0.4, 0.5) is 5.13 Å². The third-order valence-electron chi connectivity index (χ3n) is 5.81. The van der Waals surface area contributed by atoms with Gasteiger partial charge in [0.05, 0.1) is 33.5 Å². The summed E-state index contributed by atoms with van der Waals surface area (Å²) in [6.45, 7) is 8.74. The number of methoxy groups -OCH3 is 2. The minimum absolute atomic E-state index is 0. The zero-order chi connectivity index (χ0) is 24.8. The van der Waals surface area contributed by atoms with Crippen LogP contribution >= 0.6 is 23.7 Å². The second kappa shape index (κ2) is 13.1. The number of anilines is 1. The highest BCUT2D eigenvalue weighted by molar-refractivity contribution is 7.22. The van der Waals surface area contributed by atoms with Gasteiger partial charge in [-0.25, -0.2) is 4.98 Å². The lowest BCUT2D eigenvalue weighted by atomic mass is 10.2. The molecular weight excluding hydrogens is 502 g/mol. The fourth-order valence-electron chi connectivity index (χ4n) is 4.06. The molecule has 0 atom stereocenters. The average molecular weight is 536 g/mol. The van der Waals surface area contributed by atoms with Gasteiger partial charge in [-0.3, -0.25) is 14.6 Å². The summed E-state index contributed by atoms with van der Waals surface area (Å²) in [4.78, 5) is 22.7. The number of hydrogen-bond acceptors (Lipinski definition) is 8. The number of carbonyl (C=O) groups is 1. The van der Waals surface area contributed by atoms with Crippen LogP contribution < -0.4 is 19.1 Å². The third-order valence-corrected chi connectivity index (χ3v) is 6.90. The van der Waals surface area contributed by atoms with E-state index in [0.717, 1.165) is 49.7 Å². The molecule has 0 spiro atoms. The van der Waals surface area contributed by atoms with E-state index in [9.17, 15) is 4.79 Å². The van der Waals surface area contributed by atoms with Gasteiger partial charge in [0, 0.05) is 31.7 Å². The number of morpholine rings is 1. The second-order valence-corrected chi connectivity index (χ2v) is 9.58. The van der Waals surface area contributed by atoms with E-state index in [1.165, 1.54) is 11.3 Å². The molecule has 0 unspecified atom stereocenters. The quantitative estimate of drug-likeness (QED) is 0.366. The number of ether oxygens (including phenoxy) is 4. The maximum absolute atomic E-state index is 13.7. The molecule has 8 nitrogen and oxygen atoms in total. The van der Waals surface area contributed by atoms with E-state index in [0.29, 0.717) is 34.3 Å². The molecule has 0 radical (unpaired) electrons. The van der Waals surface area contributed by atoms with E-state index in [1.54, 1.807) is 19.1 Å². The van der Waals surface area contributed by atoms with E-state index in [2.05, 4.69) is 4.90 Å². The fourth-order valence-corrected chi connectivity index (χ4v) is 5.15. The van der Waals surface area contributed by atoms with Gasteiger partial charge < -0.3 is 18.9 Å². The number of fused-ring (bicyclic) bond motifs is 1. The number of carbonyl (C=O) groups excluding carboxylic acids is 1. The van der Waals surface area contributed by atoms with Crippen LogP contribution in [-0.2, 0) is 4.74 Å². The summed E-state index contributed by atoms with van der Waals surface area (Å²) in [6, 6.07) is 11.0. The van der Waals surface area contributed by atoms with Crippen LogP contribution in [0.1, 0.15) is 30.6 Å². The van der Waals surface area contributed by atoms with Crippen LogP contribution in [0, 0.1) is 0 Å². The molecular formula is C26H34ClN3O5S. The molecule has 1 fully saturated rings. The number of amides is 1. The normalized spacial score (nSPS) is 13.9. The Morgan fingerprint density at radius 2 is 1.75 bits per heavy atom. The minimum Gasteiger partial charge on any atom is -0.495 e. The van der Waals surface area contributed by atoms with Gasteiger partial charge in [0.15, 0.2) is 5.13 Å². The first-order valence-electron chi connectivity index (χ1n) is 11.9. The Labute approximate surface area is 222 Å². The van der Waals surface area contributed by atoms with Crippen molar-refractivity contribution in [2.75, 3.05) is 58.5 Å². The molecule has 0 saturated carbocycles.